The highest BCUT2D eigenvalue weighted by atomic mass is 35.5. The van der Waals surface area contributed by atoms with Gasteiger partial charge < -0.3 is 10.1 Å². The first-order valence-electron chi connectivity index (χ1n) is 7.33. The molecule has 124 valence electrons. The summed E-state index contributed by atoms with van der Waals surface area (Å²) in [6.45, 7) is 1.69. The number of nitriles is 2. The minimum absolute atomic E-state index is 0.0812. The summed E-state index contributed by atoms with van der Waals surface area (Å²) < 4.78 is 5.30. The topological polar surface area (TPSA) is 85.9 Å². The number of hydrogen-bond acceptors (Lipinski definition) is 4. The highest BCUT2D eigenvalue weighted by Gasteiger charge is 2.12. The van der Waals surface area contributed by atoms with E-state index in [0.717, 1.165) is 5.56 Å². The average Bonchev–Trinajstić information content (AvgIpc) is 2.61. The molecule has 0 radical (unpaired) electrons. The first-order chi connectivity index (χ1) is 12.0. The lowest BCUT2D eigenvalue weighted by Gasteiger charge is -2.09. The second kappa shape index (κ2) is 8.54. The van der Waals surface area contributed by atoms with Crippen LogP contribution < -0.4 is 10.1 Å². The van der Waals surface area contributed by atoms with Crippen LogP contribution in [0.3, 0.4) is 0 Å². The molecule has 0 heterocycles. The number of carbonyl (C=O) groups is 1. The monoisotopic (exact) mass is 351 g/mol. The van der Waals surface area contributed by atoms with Crippen LogP contribution in [0.4, 0.5) is 5.69 Å². The third-order valence-corrected chi connectivity index (χ3v) is 3.55. The number of nitrogens with zero attached hydrogens (tertiary/aromatic N) is 2. The van der Waals surface area contributed by atoms with Crippen molar-refractivity contribution in [2.45, 2.75) is 6.92 Å². The van der Waals surface area contributed by atoms with Gasteiger partial charge in [-0.05, 0) is 42.8 Å². The number of aryl methyl sites for hydroxylation is 1. The quantitative estimate of drug-likeness (QED) is 0.649. The normalized spacial score (nSPS) is 10.5. The fourth-order valence-corrected chi connectivity index (χ4v) is 2.33. The third-order valence-electron chi connectivity index (χ3n) is 3.31. The van der Waals surface area contributed by atoms with Gasteiger partial charge in [0.05, 0.1) is 0 Å². The van der Waals surface area contributed by atoms with Gasteiger partial charge in [-0.1, -0.05) is 29.8 Å². The number of amides is 1. The molecule has 0 fully saturated rings. The second-order valence-electron chi connectivity index (χ2n) is 5.07. The number of nitrogens with one attached hydrogen (secondary N) is 1. The van der Waals surface area contributed by atoms with Crippen molar-refractivity contribution < 1.29 is 9.53 Å². The highest BCUT2D eigenvalue weighted by Crippen LogP contribution is 2.23. The van der Waals surface area contributed by atoms with Gasteiger partial charge in [-0.25, -0.2) is 0 Å². The third kappa shape index (κ3) is 4.84. The summed E-state index contributed by atoms with van der Waals surface area (Å²) in [6.07, 6.45) is 1.42. The van der Waals surface area contributed by atoms with Gasteiger partial charge in [-0.15, -0.1) is 0 Å². The van der Waals surface area contributed by atoms with Crippen molar-refractivity contribution in [3.05, 3.63) is 64.2 Å². The number of benzene rings is 2. The number of hydrogen-bond donors (Lipinski definition) is 1. The van der Waals surface area contributed by atoms with E-state index >= 15 is 0 Å². The number of halogens is 1. The number of carbonyl (C=O) groups excluding carboxylic acids is 1. The van der Waals surface area contributed by atoms with Crippen LogP contribution in [-0.2, 0) is 4.79 Å². The maximum atomic E-state index is 12.4. The minimum atomic E-state index is -0.539. The van der Waals surface area contributed by atoms with E-state index in [0.29, 0.717) is 22.0 Å². The van der Waals surface area contributed by atoms with E-state index in [1.54, 1.807) is 42.5 Å². The Morgan fingerprint density at radius 1 is 1.28 bits per heavy atom. The Morgan fingerprint density at radius 2 is 2.04 bits per heavy atom. The van der Waals surface area contributed by atoms with Gasteiger partial charge in [0.25, 0.3) is 5.91 Å². The standard InChI is InChI=1S/C19H14ClN3O2/c1-13-10-16(20)6-7-17(13)23-19(24)15(12-22)11-14-4-2-3-5-18(14)25-9-8-21/h2-7,10-11H,9H2,1H3,(H,23,24)/b15-11+. The van der Waals surface area contributed by atoms with Crippen molar-refractivity contribution in [3.8, 4) is 17.9 Å². The Hall–Kier alpha value is -3.28. The Morgan fingerprint density at radius 3 is 2.72 bits per heavy atom. The highest BCUT2D eigenvalue weighted by molar-refractivity contribution is 6.30. The van der Waals surface area contributed by atoms with Gasteiger partial charge in [-0.2, -0.15) is 10.5 Å². The number of rotatable bonds is 5. The van der Waals surface area contributed by atoms with E-state index in [2.05, 4.69) is 5.32 Å². The zero-order valence-electron chi connectivity index (χ0n) is 13.4. The fraction of sp³-hybridized carbons (Fsp3) is 0.105. The zero-order chi connectivity index (χ0) is 18.2. The predicted molar refractivity (Wildman–Crippen MR) is 96.0 cm³/mol. The molecule has 2 aromatic rings. The molecular formula is C19H14ClN3O2. The zero-order valence-corrected chi connectivity index (χ0v) is 14.2. The van der Waals surface area contributed by atoms with Crippen molar-refractivity contribution in [2.24, 2.45) is 0 Å². The van der Waals surface area contributed by atoms with Crippen molar-refractivity contribution in [1.82, 2.24) is 0 Å². The van der Waals surface area contributed by atoms with E-state index in [1.165, 1.54) is 6.08 Å². The van der Waals surface area contributed by atoms with E-state index in [9.17, 15) is 10.1 Å². The molecule has 1 amide bonds. The van der Waals surface area contributed by atoms with E-state index in [-0.39, 0.29) is 12.2 Å². The molecule has 6 heteroatoms. The van der Waals surface area contributed by atoms with Gasteiger partial charge in [0.2, 0.25) is 0 Å². The van der Waals surface area contributed by atoms with Crippen LogP contribution in [0.15, 0.2) is 48.0 Å². The molecular weight excluding hydrogens is 338 g/mol. The van der Waals surface area contributed by atoms with Crippen LogP contribution in [-0.4, -0.2) is 12.5 Å². The maximum Gasteiger partial charge on any atom is 0.266 e. The molecule has 25 heavy (non-hydrogen) atoms. The van der Waals surface area contributed by atoms with Gasteiger partial charge in [-0.3, -0.25) is 4.79 Å². The average molecular weight is 352 g/mol. The number of para-hydroxylation sites is 1. The summed E-state index contributed by atoms with van der Waals surface area (Å²) in [4.78, 5) is 12.4. The van der Waals surface area contributed by atoms with Crippen LogP contribution in [0.1, 0.15) is 11.1 Å². The molecule has 0 aromatic heterocycles. The molecule has 2 rings (SSSR count). The van der Waals surface area contributed by atoms with Crippen molar-refractivity contribution in [1.29, 1.82) is 10.5 Å². The predicted octanol–water partition coefficient (Wildman–Crippen LogP) is 4.10. The molecule has 1 N–H and O–H groups in total. The Labute approximate surface area is 150 Å². The Kier molecular flexibility index (Phi) is 6.17. The smallest absolute Gasteiger partial charge is 0.266 e. The van der Waals surface area contributed by atoms with E-state index < -0.39 is 5.91 Å². The molecule has 0 saturated carbocycles. The summed E-state index contributed by atoms with van der Waals surface area (Å²) in [7, 11) is 0. The van der Waals surface area contributed by atoms with Gasteiger partial charge in [0, 0.05) is 16.3 Å². The number of anilines is 1. The van der Waals surface area contributed by atoms with E-state index in [1.807, 2.05) is 19.1 Å². The number of ether oxygens (including phenoxy) is 1. The molecule has 0 spiro atoms. The first kappa shape index (κ1) is 18.1. The molecule has 0 atom stereocenters. The molecule has 0 unspecified atom stereocenters. The lowest BCUT2D eigenvalue weighted by atomic mass is 10.1. The molecule has 0 saturated heterocycles. The van der Waals surface area contributed by atoms with E-state index in [4.69, 9.17) is 21.6 Å². The summed E-state index contributed by atoms with van der Waals surface area (Å²) in [5.74, 6) is -0.115. The molecule has 0 aliphatic rings. The van der Waals surface area contributed by atoms with Crippen LogP contribution in [0.2, 0.25) is 5.02 Å². The Balaban J connectivity index is 2.27. The summed E-state index contributed by atoms with van der Waals surface area (Å²) >= 11 is 5.90. The second-order valence-corrected chi connectivity index (χ2v) is 5.50. The molecule has 0 aliphatic carbocycles. The van der Waals surface area contributed by atoms with Crippen LogP contribution >= 0.6 is 11.6 Å². The SMILES string of the molecule is Cc1cc(Cl)ccc1NC(=O)/C(C#N)=C/c1ccccc1OCC#N. The summed E-state index contributed by atoms with van der Waals surface area (Å²) in [6, 6.07) is 15.7. The van der Waals surface area contributed by atoms with Crippen molar-refractivity contribution >= 4 is 29.3 Å². The maximum absolute atomic E-state index is 12.4. The molecule has 5 nitrogen and oxygen atoms in total. The summed E-state index contributed by atoms with van der Waals surface area (Å²) in [5.41, 5.74) is 1.82. The van der Waals surface area contributed by atoms with Gasteiger partial charge >= 0.3 is 0 Å². The van der Waals surface area contributed by atoms with Crippen molar-refractivity contribution in [2.75, 3.05) is 11.9 Å². The molecule has 2 aromatic carbocycles. The van der Waals surface area contributed by atoms with Crippen LogP contribution in [0.25, 0.3) is 6.08 Å². The van der Waals surface area contributed by atoms with Crippen molar-refractivity contribution in [3.63, 3.8) is 0 Å². The largest absolute Gasteiger partial charge is 0.478 e. The van der Waals surface area contributed by atoms with Gasteiger partial charge in [0.1, 0.15) is 23.5 Å². The lowest BCUT2D eigenvalue weighted by Crippen LogP contribution is -2.14. The van der Waals surface area contributed by atoms with Crippen LogP contribution in [0, 0.1) is 29.6 Å². The molecule has 0 aliphatic heterocycles. The fourth-order valence-electron chi connectivity index (χ4n) is 2.10. The lowest BCUT2D eigenvalue weighted by molar-refractivity contribution is -0.112. The first-order valence-corrected chi connectivity index (χ1v) is 7.71. The minimum Gasteiger partial charge on any atom is -0.478 e. The van der Waals surface area contributed by atoms with Crippen LogP contribution in [0.5, 0.6) is 5.75 Å². The molecule has 0 bridgehead atoms. The van der Waals surface area contributed by atoms with Gasteiger partial charge in [0.15, 0.2) is 6.61 Å². The Bertz CT molecular complexity index is 908. The summed E-state index contributed by atoms with van der Waals surface area (Å²) in [5, 5.41) is 21.2.